The van der Waals surface area contributed by atoms with Gasteiger partial charge in [0.05, 0.1) is 11.5 Å². The molecule has 5 nitrogen and oxygen atoms in total. The summed E-state index contributed by atoms with van der Waals surface area (Å²) in [6, 6.07) is 0. The topological polar surface area (TPSA) is 75.6 Å². The first kappa shape index (κ1) is 18.2. The fraction of sp³-hybridized carbons (Fsp3) is 0.889. The molecule has 0 radical (unpaired) electrons. The highest BCUT2D eigenvalue weighted by molar-refractivity contribution is 5.79. The van der Waals surface area contributed by atoms with E-state index in [0.717, 1.165) is 25.9 Å². The lowest BCUT2D eigenvalue weighted by atomic mass is 9.81. The zero-order valence-corrected chi connectivity index (χ0v) is 14.3. The number of nitrogens with one attached hydrogen (secondary N) is 1. The Labute approximate surface area is 139 Å². The first-order chi connectivity index (χ1) is 11.1. The molecule has 5 heteroatoms. The van der Waals surface area contributed by atoms with Gasteiger partial charge in [0.15, 0.2) is 0 Å². The van der Waals surface area contributed by atoms with E-state index in [0.29, 0.717) is 32.2 Å². The van der Waals surface area contributed by atoms with Crippen LogP contribution in [0, 0.1) is 11.8 Å². The molecule has 0 heterocycles. The minimum atomic E-state index is -0.724. The van der Waals surface area contributed by atoms with E-state index in [1.165, 1.54) is 19.3 Å². The van der Waals surface area contributed by atoms with Gasteiger partial charge < -0.3 is 15.2 Å². The highest BCUT2D eigenvalue weighted by Gasteiger charge is 2.35. The molecule has 2 N–H and O–H groups in total. The summed E-state index contributed by atoms with van der Waals surface area (Å²) in [7, 11) is 0. The van der Waals surface area contributed by atoms with Crippen LogP contribution in [-0.4, -0.2) is 35.7 Å². The molecule has 2 aliphatic rings. The molecule has 0 aromatic rings. The molecule has 0 aromatic carbocycles. The van der Waals surface area contributed by atoms with Crippen molar-refractivity contribution in [1.29, 1.82) is 0 Å². The van der Waals surface area contributed by atoms with E-state index >= 15 is 0 Å². The summed E-state index contributed by atoms with van der Waals surface area (Å²) in [5, 5.41) is 12.1. The average Bonchev–Trinajstić information content (AvgIpc) is 2.59. The van der Waals surface area contributed by atoms with Crippen LogP contribution in [0.1, 0.15) is 71.1 Å². The summed E-state index contributed by atoms with van der Waals surface area (Å²) in [5.41, 5.74) is -0.178. The Bertz CT molecular complexity index is 396. The van der Waals surface area contributed by atoms with Crippen molar-refractivity contribution in [3.05, 3.63) is 0 Å². The number of carboxylic acid groups (broad SMARTS) is 1. The third-order valence-electron chi connectivity index (χ3n) is 5.41. The van der Waals surface area contributed by atoms with E-state index in [1.807, 2.05) is 0 Å². The second-order valence-electron chi connectivity index (χ2n) is 7.20. The fourth-order valence-electron chi connectivity index (χ4n) is 3.88. The number of carbonyl (C=O) groups excluding carboxylic acids is 1. The second-order valence-corrected chi connectivity index (χ2v) is 7.20. The van der Waals surface area contributed by atoms with Crippen LogP contribution >= 0.6 is 0 Å². The van der Waals surface area contributed by atoms with Crippen LogP contribution in [0.15, 0.2) is 0 Å². The van der Waals surface area contributed by atoms with Crippen LogP contribution in [0.4, 0.5) is 0 Å². The van der Waals surface area contributed by atoms with Gasteiger partial charge in [0.25, 0.3) is 0 Å². The first-order valence-electron chi connectivity index (χ1n) is 9.21. The maximum absolute atomic E-state index is 12.4. The van der Waals surface area contributed by atoms with Gasteiger partial charge in [0, 0.05) is 19.1 Å². The Morgan fingerprint density at radius 2 is 1.70 bits per heavy atom. The van der Waals surface area contributed by atoms with Crippen molar-refractivity contribution in [3.8, 4) is 0 Å². The highest BCUT2D eigenvalue weighted by Crippen LogP contribution is 2.32. The van der Waals surface area contributed by atoms with Crippen molar-refractivity contribution in [2.24, 2.45) is 11.8 Å². The monoisotopic (exact) mass is 325 g/mol. The molecule has 0 aliphatic heterocycles. The molecular formula is C18H31NO4. The van der Waals surface area contributed by atoms with Gasteiger partial charge in [-0.15, -0.1) is 0 Å². The van der Waals surface area contributed by atoms with E-state index in [9.17, 15) is 9.59 Å². The Balaban J connectivity index is 1.81. The molecule has 2 fully saturated rings. The molecule has 0 atom stereocenters. The van der Waals surface area contributed by atoms with Gasteiger partial charge in [-0.1, -0.05) is 26.2 Å². The number of carboxylic acids is 1. The maximum Gasteiger partial charge on any atom is 0.306 e. The minimum absolute atomic E-state index is 0.0302. The van der Waals surface area contributed by atoms with Gasteiger partial charge in [-0.05, 0) is 44.9 Å². The Hall–Kier alpha value is -1.10. The van der Waals surface area contributed by atoms with E-state index in [4.69, 9.17) is 9.84 Å². The standard InChI is InChI=1S/C18H31NO4/c1-2-12-23-18(10-4-3-5-11-18)13-19-16(20)14-6-8-15(9-7-14)17(21)22/h14-15H,2-13H2,1H3,(H,19,20)(H,21,22). The van der Waals surface area contributed by atoms with Crippen molar-refractivity contribution in [1.82, 2.24) is 5.32 Å². The van der Waals surface area contributed by atoms with Crippen molar-refractivity contribution in [2.75, 3.05) is 13.2 Å². The lowest BCUT2D eigenvalue weighted by Crippen LogP contribution is -2.48. The van der Waals surface area contributed by atoms with Gasteiger partial charge >= 0.3 is 5.97 Å². The Morgan fingerprint density at radius 1 is 1.09 bits per heavy atom. The predicted molar refractivity (Wildman–Crippen MR) is 88.2 cm³/mol. The van der Waals surface area contributed by atoms with E-state index in [-0.39, 0.29) is 23.3 Å². The number of ether oxygens (including phenoxy) is 1. The number of rotatable bonds is 7. The van der Waals surface area contributed by atoms with Crippen LogP contribution in [-0.2, 0) is 14.3 Å². The molecule has 0 saturated heterocycles. The molecule has 132 valence electrons. The summed E-state index contributed by atoms with van der Waals surface area (Å²) in [5.74, 6) is -0.939. The average molecular weight is 325 g/mol. The highest BCUT2D eigenvalue weighted by atomic mass is 16.5. The third-order valence-corrected chi connectivity index (χ3v) is 5.41. The second kappa shape index (κ2) is 8.67. The van der Waals surface area contributed by atoms with Gasteiger partial charge in [0.1, 0.15) is 0 Å². The molecular weight excluding hydrogens is 294 g/mol. The molecule has 2 rings (SSSR count). The Morgan fingerprint density at radius 3 is 2.26 bits per heavy atom. The van der Waals surface area contributed by atoms with Crippen LogP contribution in [0.3, 0.4) is 0 Å². The summed E-state index contributed by atoms with van der Waals surface area (Å²) >= 11 is 0. The van der Waals surface area contributed by atoms with E-state index in [1.54, 1.807) is 0 Å². The lowest BCUT2D eigenvalue weighted by molar-refractivity contribution is -0.144. The predicted octanol–water partition coefficient (Wildman–Crippen LogP) is 3.12. The first-order valence-corrected chi connectivity index (χ1v) is 9.21. The minimum Gasteiger partial charge on any atom is -0.481 e. The van der Waals surface area contributed by atoms with Crippen LogP contribution in [0.25, 0.3) is 0 Å². The van der Waals surface area contributed by atoms with Crippen molar-refractivity contribution >= 4 is 11.9 Å². The molecule has 23 heavy (non-hydrogen) atoms. The number of aliphatic carboxylic acids is 1. The third kappa shape index (κ3) is 5.20. The van der Waals surface area contributed by atoms with Crippen LogP contribution < -0.4 is 5.32 Å². The number of carbonyl (C=O) groups is 2. The van der Waals surface area contributed by atoms with Gasteiger partial charge in [-0.25, -0.2) is 0 Å². The molecule has 2 saturated carbocycles. The Kier molecular flexibility index (Phi) is 6.88. The summed E-state index contributed by atoms with van der Waals surface area (Å²) in [6.45, 7) is 3.46. The molecule has 0 aromatic heterocycles. The van der Waals surface area contributed by atoms with E-state index in [2.05, 4.69) is 12.2 Å². The largest absolute Gasteiger partial charge is 0.481 e. The van der Waals surface area contributed by atoms with Gasteiger partial charge in [-0.3, -0.25) is 9.59 Å². The number of amides is 1. The molecule has 2 aliphatic carbocycles. The molecule has 0 spiro atoms. The zero-order valence-electron chi connectivity index (χ0n) is 14.3. The fourth-order valence-corrected chi connectivity index (χ4v) is 3.88. The van der Waals surface area contributed by atoms with Crippen LogP contribution in [0.5, 0.6) is 0 Å². The lowest BCUT2D eigenvalue weighted by Gasteiger charge is -2.38. The maximum atomic E-state index is 12.4. The number of hydrogen-bond acceptors (Lipinski definition) is 3. The van der Waals surface area contributed by atoms with Crippen LogP contribution in [0.2, 0.25) is 0 Å². The normalized spacial score (nSPS) is 27.3. The summed E-state index contributed by atoms with van der Waals surface area (Å²) in [6.07, 6.45) is 9.25. The molecule has 0 bridgehead atoms. The molecule has 1 amide bonds. The summed E-state index contributed by atoms with van der Waals surface area (Å²) in [4.78, 5) is 23.4. The van der Waals surface area contributed by atoms with Crippen molar-refractivity contribution < 1.29 is 19.4 Å². The smallest absolute Gasteiger partial charge is 0.306 e. The quantitative estimate of drug-likeness (QED) is 0.754. The van der Waals surface area contributed by atoms with Gasteiger partial charge in [-0.2, -0.15) is 0 Å². The van der Waals surface area contributed by atoms with E-state index < -0.39 is 5.97 Å². The molecule has 0 unspecified atom stereocenters. The van der Waals surface area contributed by atoms with Crippen molar-refractivity contribution in [3.63, 3.8) is 0 Å². The summed E-state index contributed by atoms with van der Waals surface area (Å²) < 4.78 is 6.11. The number of hydrogen-bond donors (Lipinski definition) is 2. The van der Waals surface area contributed by atoms with Crippen molar-refractivity contribution in [2.45, 2.75) is 76.7 Å². The SMILES string of the molecule is CCCOC1(CNC(=O)C2CCC(C(=O)O)CC2)CCCCC1. The van der Waals surface area contributed by atoms with Gasteiger partial charge in [0.2, 0.25) is 5.91 Å². The zero-order chi connectivity index (χ0) is 16.7.